The molecule has 0 aliphatic carbocycles. The van der Waals surface area contributed by atoms with E-state index in [0.29, 0.717) is 13.0 Å². The van der Waals surface area contributed by atoms with Gasteiger partial charge in [-0.1, -0.05) is 60.7 Å². The molecule has 21 heavy (non-hydrogen) atoms. The van der Waals surface area contributed by atoms with Crippen LogP contribution in [0, 0.1) is 10.1 Å². The summed E-state index contributed by atoms with van der Waals surface area (Å²) < 4.78 is 5.75. The third-order valence-electron chi connectivity index (χ3n) is 4.05. The molecular formula is C17H17NO3. The first kappa shape index (κ1) is 13.8. The molecule has 0 N–H and O–H groups in total. The molecule has 2 aromatic rings. The summed E-state index contributed by atoms with van der Waals surface area (Å²) >= 11 is 0. The van der Waals surface area contributed by atoms with Gasteiger partial charge in [0.05, 0.1) is 5.92 Å². The number of hydrogen-bond acceptors (Lipinski definition) is 3. The molecule has 0 aromatic heterocycles. The molecule has 4 heteroatoms. The van der Waals surface area contributed by atoms with E-state index in [1.807, 2.05) is 60.7 Å². The molecule has 3 rings (SSSR count). The Morgan fingerprint density at radius 3 is 2.10 bits per heavy atom. The fourth-order valence-corrected chi connectivity index (χ4v) is 3.06. The molecule has 1 aliphatic rings. The third-order valence-corrected chi connectivity index (χ3v) is 4.05. The van der Waals surface area contributed by atoms with Crippen molar-refractivity contribution in [1.29, 1.82) is 0 Å². The average molecular weight is 283 g/mol. The van der Waals surface area contributed by atoms with Crippen LogP contribution in [-0.2, 0) is 4.74 Å². The second kappa shape index (κ2) is 6.06. The van der Waals surface area contributed by atoms with Gasteiger partial charge >= 0.3 is 0 Å². The minimum absolute atomic E-state index is 0.111. The number of benzene rings is 2. The monoisotopic (exact) mass is 283 g/mol. The Balaban J connectivity index is 1.97. The lowest BCUT2D eigenvalue weighted by molar-refractivity contribution is -0.546. The quantitative estimate of drug-likeness (QED) is 0.639. The van der Waals surface area contributed by atoms with Crippen molar-refractivity contribution in [3.05, 3.63) is 81.9 Å². The van der Waals surface area contributed by atoms with Crippen LogP contribution in [0.3, 0.4) is 0 Å². The molecule has 1 aliphatic heterocycles. The van der Waals surface area contributed by atoms with Crippen LogP contribution in [0.5, 0.6) is 0 Å². The standard InChI is InChI=1S/C17H17NO3/c19-18(20)16-15(13-7-3-1-4-8-13)11-12-21-17(16)14-9-5-2-6-10-14/h1-10,15-17H,11-12H2/t15-,16+,17+/m1/s1. The highest BCUT2D eigenvalue weighted by atomic mass is 16.6. The average Bonchev–Trinajstić information content (AvgIpc) is 2.55. The van der Waals surface area contributed by atoms with Gasteiger partial charge < -0.3 is 4.74 Å². The van der Waals surface area contributed by atoms with Crippen molar-refractivity contribution in [1.82, 2.24) is 0 Å². The van der Waals surface area contributed by atoms with E-state index < -0.39 is 12.1 Å². The van der Waals surface area contributed by atoms with Crippen LogP contribution in [0.25, 0.3) is 0 Å². The molecule has 0 bridgehead atoms. The maximum Gasteiger partial charge on any atom is 0.249 e. The van der Waals surface area contributed by atoms with Crippen LogP contribution in [0.1, 0.15) is 29.6 Å². The molecule has 0 amide bonds. The van der Waals surface area contributed by atoms with E-state index >= 15 is 0 Å². The van der Waals surface area contributed by atoms with Gasteiger partial charge in [-0.3, -0.25) is 10.1 Å². The second-order valence-electron chi connectivity index (χ2n) is 5.28. The zero-order chi connectivity index (χ0) is 14.7. The predicted molar refractivity (Wildman–Crippen MR) is 79.7 cm³/mol. The van der Waals surface area contributed by atoms with Gasteiger partial charge in [0.15, 0.2) is 6.10 Å². The molecular weight excluding hydrogens is 266 g/mol. The zero-order valence-corrected chi connectivity index (χ0v) is 11.6. The van der Waals surface area contributed by atoms with Crippen molar-refractivity contribution < 1.29 is 9.66 Å². The van der Waals surface area contributed by atoms with E-state index in [9.17, 15) is 10.1 Å². The Bertz CT molecular complexity index is 552. The van der Waals surface area contributed by atoms with Crippen LogP contribution in [-0.4, -0.2) is 17.6 Å². The molecule has 0 spiro atoms. The predicted octanol–water partition coefficient (Wildman–Crippen LogP) is 3.58. The molecule has 2 aromatic carbocycles. The molecule has 0 radical (unpaired) electrons. The number of nitro groups is 1. The van der Waals surface area contributed by atoms with Crippen LogP contribution in [0.15, 0.2) is 60.7 Å². The van der Waals surface area contributed by atoms with Crippen molar-refractivity contribution in [2.24, 2.45) is 0 Å². The maximum absolute atomic E-state index is 11.6. The Morgan fingerprint density at radius 2 is 1.52 bits per heavy atom. The molecule has 3 atom stereocenters. The van der Waals surface area contributed by atoms with Gasteiger partial charge in [0.2, 0.25) is 6.04 Å². The summed E-state index contributed by atoms with van der Waals surface area (Å²) in [6, 6.07) is 18.5. The van der Waals surface area contributed by atoms with Crippen molar-refractivity contribution in [2.75, 3.05) is 6.61 Å². The Hall–Kier alpha value is -2.20. The first-order chi connectivity index (χ1) is 10.3. The number of hydrogen-bond donors (Lipinski definition) is 0. The Labute approximate surface area is 123 Å². The van der Waals surface area contributed by atoms with E-state index in [4.69, 9.17) is 4.74 Å². The largest absolute Gasteiger partial charge is 0.366 e. The van der Waals surface area contributed by atoms with E-state index in [2.05, 4.69) is 0 Å². The van der Waals surface area contributed by atoms with Gasteiger partial charge in [0.25, 0.3) is 0 Å². The SMILES string of the molecule is O=[N+]([O-])[C@H]1[C@@H](c2ccccc2)CCO[C@H]1c1ccccc1. The summed E-state index contributed by atoms with van der Waals surface area (Å²) in [5.41, 5.74) is 1.89. The van der Waals surface area contributed by atoms with E-state index in [1.165, 1.54) is 0 Å². The number of nitrogens with zero attached hydrogens (tertiary/aromatic N) is 1. The first-order valence-corrected chi connectivity index (χ1v) is 7.12. The van der Waals surface area contributed by atoms with E-state index in [0.717, 1.165) is 11.1 Å². The molecule has 0 unspecified atom stereocenters. The normalized spacial score (nSPS) is 25.4. The molecule has 1 fully saturated rings. The van der Waals surface area contributed by atoms with Gasteiger partial charge in [0, 0.05) is 11.5 Å². The van der Waals surface area contributed by atoms with E-state index in [1.54, 1.807) is 0 Å². The van der Waals surface area contributed by atoms with Crippen LogP contribution < -0.4 is 0 Å². The van der Waals surface area contributed by atoms with Crippen LogP contribution in [0.2, 0.25) is 0 Å². The summed E-state index contributed by atoms with van der Waals surface area (Å²) in [7, 11) is 0. The van der Waals surface area contributed by atoms with Crippen LogP contribution >= 0.6 is 0 Å². The first-order valence-electron chi connectivity index (χ1n) is 7.12. The van der Waals surface area contributed by atoms with Crippen molar-refractivity contribution in [2.45, 2.75) is 24.5 Å². The highest BCUT2D eigenvalue weighted by Gasteiger charge is 2.44. The minimum Gasteiger partial charge on any atom is -0.366 e. The third kappa shape index (κ3) is 2.81. The highest BCUT2D eigenvalue weighted by Crippen LogP contribution is 2.39. The highest BCUT2D eigenvalue weighted by molar-refractivity contribution is 5.25. The summed E-state index contributed by atoms with van der Waals surface area (Å²) in [5, 5.41) is 11.6. The van der Waals surface area contributed by atoms with Crippen molar-refractivity contribution in [3.8, 4) is 0 Å². The smallest absolute Gasteiger partial charge is 0.249 e. The number of ether oxygens (including phenoxy) is 1. The van der Waals surface area contributed by atoms with Gasteiger partial charge in [-0.25, -0.2) is 0 Å². The second-order valence-corrected chi connectivity index (χ2v) is 5.28. The fraction of sp³-hybridized carbons (Fsp3) is 0.294. The van der Waals surface area contributed by atoms with Gasteiger partial charge in [-0.2, -0.15) is 0 Å². The maximum atomic E-state index is 11.6. The fourth-order valence-electron chi connectivity index (χ4n) is 3.06. The summed E-state index contributed by atoms with van der Waals surface area (Å²) in [6.45, 7) is 0.545. The Kier molecular flexibility index (Phi) is 3.97. The number of rotatable bonds is 3. The lowest BCUT2D eigenvalue weighted by Crippen LogP contribution is -2.39. The van der Waals surface area contributed by atoms with Gasteiger partial charge in [0.1, 0.15) is 0 Å². The minimum atomic E-state index is -0.747. The lowest BCUT2D eigenvalue weighted by atomic mass is 9.82. The Morgan fingerprint density at radius 1 is 0.952 bits per heavy atom. The molecule has 4 nitrogen and oxygen atoms in total. The zero-order valence-electron chi connectivity index (χ0n) is 11.6. The summed E-state index contributed by atoms with van der Waals surface area (Å²) in [6.07, 6.45) is 0.194. The summed E-state index contributed by atoms with van der Waals surface area (Å²) in [4.78, 5) is 11.5. The van der Waals surface area contributed by atoms with Crippen molar-refractivity contribution >= 4 is 0 Å². The molecule has 1 saturated heterocycles. The molecule has 108 valence electrons. The molecule has 1 heterocycles. The van der Waals surface area contributed by atoms with E-state index in [-0.39, 0.29) is 10.8 Å². The topological polar surface area (TPSA) is 52.4 Å². The lowest BCUT2D eigenvalue weighted by Gasteiger charge is -2.33. The van der Waals surface area contributed by atoms with Gasteiger partial charge in [-0.05, 0) is 17.5 Å². The van der Waals surface area contributed by atoms with Crippen molar-refractivity contribution in [3.63, 3.8) is 0 Å². The summed E-state index contributed by atoms with van der Waals surface area (Å²) in [5.74, 6) is -0.111. The van der Waals surface area contributed by atoms with Crippen LogP contribution in [0.4, 0.5) is 0 Å². The van der Waals surface area contributed by atoms with Gasteiger partial charge in [-0.15, -0.1) is 0 Å². The molecule has 0 saturated carbocycles.